The van der Waals surface area contributed by atoms with Gasteiger partial charge in [0.1, 0.15) is 12.4 Å². The molecule has 94 valence electrons. The van der Waals surface area contributed by atoms with Gasteiger partial charge in [-0.2, -0.15) is 0 Å². The van der Waals surface area contributed by atoms with Crippen molar-refractivity contribution in [2.24, 2.45) is 0 Å². The Hall–Kier alpha value is -1.32. The van der Waals surface area contributed by atoms with Crippen molar-refractivity contribution in [3.05, 3.63) is 63.6 Å². The van der Waals surface area contributed by atoms with Crippen LogP contribution in [0.2, 0.25) is 0 Å². The van der Waals surface area contributed by atoms with E-state index in [1.807, 2.05) is 49.4 Å². The van der Waals surface area contributed by atoms with Gasteiger partial charge in [-0.3, -0.25) is 0 Å². The third-order valence-corrected chi connectivity index (χ3v) is 3.31. The lowest BCUT2D eigenvalue weighted by molar-refractivity contribution is 0.281. The zero-order chi connectivity index (χ0) is 13.0. The van der Waals surface area contributed by atoms with Gasteiger partial charge in [-0.25, -0.2) is 0 Å². The molecule has 0 aromatic heterocycles. The van der Waals surface area contributed by atoms with Gasteiger partial charge < -0.3 is 9.84 Å². The van der Waals surface area contributed by atoms with Crippen molar-refractivity contribution in [1.29, 1.82) is 0 Å². The maximum Gasteiger partial charge on any atom is 0.134 e. The summed E-state index contributed by atoms with van der Waals surface area (Å²) in [6.07, 6.45) is 0. The predicted molar refractivity (Wildman–Crippen MR) is 75.6 cm³/mol. The number of ether oxygens (including phenoxy) is 1. The normalized spacial score (nSPS) is 10.4. The summed E-state index contributed by atoms with van der Waals surface area (Å²) < 4.78 is 6.71. The number of hydrogen-bond donors (Lipinski definition) is 1. The summed E-state index contributed by atoms with van der Waals surface area (Å²) in [6.45, 7) is 2.64. The molecule has 0 unspecified atom stereocenters. The largest absolute Gasteiger partial charge is 0.488 e. The maximum atomic E-state index is 8.96. The lowest BCUT2D eigenvalue weighted by atomic mass is 10.1. The van der Waals surface area contributed by atoms with Crippen LogP contribution in [0.15, 0.2) is 46.9 Å². The molecule has 0 fully saturated rings. The molecule has 0 aliphatic heterocycles. The molecule has 2 rings (SSSR count). The molecule has 0 amide bonds. The summed E-state index contributed by atoms with van der Waals surface area (Å²) in [4.78, 5) is 0. The van der Waals surface area contributed by atoms with Crippen molar-refractivity contribution in [1.82, 2.24) is 0 Å². The van der Waals surface area contributed by atoms with Gasteiger partial charge in [0.2, 0.25) is 0 Å². The van der Waals surface area contributed by atoms with Crippen LogP contribution in [0.4, 0.5) is 0 Å². The number of hydrogen-bond acceptors (Lipinski definition) is 2. The minimum Gasteiger partial charge on any atom is -0.488 e. The molecule has 0 spiro atoms. The van der Waals surface area contributed by atoms with Crippen molar-refractivity contribution in [2.75, 3.05) is 0 Å². The predicted octanol–water partition coefficient (Wildman–Crippen LogP) is 3.83. The highest BCUT2D eigenvalue weighted by Crippen LogP contribution is 2.26. The topological polar surface area (TPSA) is 29.5 Å². The Morgan fingerprint density at radius 3 is 2.33 bits per heavy atom. The molecule has 0 radical (unpaired) electrons. The molecule has 1 N–H and O–H groups in total. The molecule has 2 aromatic carbocycles. The fourth-order valence-electron chi connectivity index (χ4n) is 1.62. The number of aliphatic hydroxyl groups excluding tert-OH is 1. The molecule has 0 saturated carbocycles. The zero-order valence-corrected chi connectivity index (χ0v) is 11.8. The summed E-state index contributed by atoms with van der Waals surface area (Å²) in [5, 5.41) is 8.96. The van der Waals surface area contributed by atoms with E-state index in [4.69, 9.17) is 9.84 Å². The van der Waals surface area contributed by atoms with E-state index < -0.39 is 0 Å². The Bertz CT molecular complexity index is 521. The molecule has 2 nitrogen and oxygen atoms in total. The van der Waals surface area contributed by atoms with Crippen molar-refractivity contribution in [3.63, 3.8) is 0 Å². The molecular formula is C15H15BrO2. The highest BCUT2D eigenvalue weighted by atomic mass is 79.9. The van der Waals surface area contributed by atoms with E-state index in [2.05, 4.69) is 15.9 Å². The van der Waals surface area contributed by atoms with Crippen LogP contribution >= 0.6 is 15.9 Å². The standard InChI is InChI=1S/C15H15BrO2/c1-11-2-7-15(14(16)8-11)18-10-13-5-3-12(9-17)4-6-13/h2-8,17H,9-10H2,1H3. The average molecular weight is 307 g/mol. The first kappa shape index (κ1) is 13.1. The van der Waals surface area contributed by atoms with Gasteiger partial charge in [0, 0.05) is 0 Å². The van der Waals surface area contributed by atoms with E-state index in [0.29, 0.717) is 6.61 Å². The van der Waals surface area contributed by atoms with Gasteiger partial charge in [0.05, 0.1) is 11.1 Å². The van der Waals surface area contributed by atoms with Crippen LogP contribution in [0.25, 0.3) is 0 Å². The fourth-order valence-corrected chi connectivity index (χ4v) is 2.23. The summed E-state index contributed by atoms with van der Waals surface area (Å²) in [7, 11) is 0. The number of halogens is 1. The van der Waals surface area contributed by atoms with Gasteiger partial charge in [-0.15, -0.1) is 0 Å². The second-order valence-corrected chi connectivity index (χ2v) is 5.05. The van der Waals surface area contributed by atoms with Crippen LogP contribution < -0.4 is 4.74 Å². The molecule has 2 aromatic rings. The van der Waals surface area contributed by atoms with Crippen molar-refractivity contribution >= 4 is 15.9 Å². The number of aliphatic hydroxyl groups is 1. The SMILES string of the molecule is Cc1ccc(OCc2ccc(CO)cc2)c(Br)c1. The molecular weight excluding hydrogens is 292 g/mol. The quantitative estimate of drug-likeness (QED) is 0.930. The van der Waals surface area contributed by atoms with Gasteiger partial charge in [0.25, 0.3) is 0 Å². The van der Waals surface area contributed by atoms with Gasteiger partial charge in [0.15, 0.2) is 0 Å². The van der Waals surface area contributed by atoms with Crippen LogP contribution in [-0.4, -0.2) is 5.11 Å². The van der Waals surface area contributed by atoms with Gasteiger partial charge >= 0.3 is 0 Å². The first-order valence-electron chi connectivity index (χ1n) is 5.76. The summed E-state index contributed by atoms with van der Waals surface area (Å²) in [5.41, 5.74) is 3.19. The zero-order valence-electron chi connectivity index (χ0n) is 10.2. The minimum absolute atomic E-state index is 0.0741. The van der Waals surface area contributed by atoms with E-state index in [1.165, 1.54) is 5.56 Å². The van der Waals surface area contributed by atoms with Crippen LogP contribution in [-0.2, 0) is 13.2 Å². The highest BCUT2D eigenvalue weighted by Gasteiger charge is 2.01. The van der Waals surface area contributed by atoms with E-state index in [9.17, 15) is 0 Å². The Labute approximate surface area is 115 Å². The third kappa shape index (κ3) is 3.34. The molecule has 0 saturated heterocycles. The summed E-state index contributed by atoms with van der Waals surface area (Å²) >= 11 is 3.49. The highest BCUT2D eigenvalue weighted by molar-refractivity contribution is 9.10. The molecule has 18 heavy (non-hydrogen) atoms. The van der Waals surface area contributed by atoms with Gasteiger partial charge in [-0.1, -0.05) is 30.3 Å². The Kier molecular flexibility index (Phi) is 4.39. The van der Waals surface area contributed by atoms with Crippen molar-refractivity contribution in [2.45, 2.75) is 20.1 Å². The fraction of sp³-hybridized carbons (Fsp3) is 0.200. The van der Waals surface area contributed by atoms with E-state index >= 15 is 0 Å². The third-order valence-electron chi connectivity index (χ3n) is 2.69. The monoisotopic (exact) mass is 306 g/mol. The van der Waals surface area contributed by atoms with Crippen LogP contribution in [0.5, 0.6) is 5.75 Å². The molecule has 0 aliphatic rings. The van der Waals surface area contributed by atoms with Crippen LogP contribution in [0.3, 0.4) is 0 Å². The number of aryl methyl sites for hydroxylation is 1. The summed E-state index contributed by atoms with van der Waals surface area (Å²) in [6, 6.07) is 13.8. The second kappa shape index (κ2) is 6.03. The summed E-state index contributed by atoms with van der Waals surface area (Å²) in [5.74, 6) is 0.840. The molecule has 0 bridgehead atoms. The lowest BCUT2D eigenvalue weighted by Crippen LogP contribution is -1.96. The minimum atomic E-state index is 0.0741. The first-order valence-corrected chi connectivity index (χ1v) is 6.56. The Morgan fingerprint density at radius 2 is 1.72 bits per heavy atom. The Morgan fingerprint density at radius 1 is 1.06 bits per heavy atom. The van der Waals surface area contributed by atoms with Crippen LogP contribution in [0.1, 0.15) is 16.7 Å². The molecule has 0 aliphatic carbocycles. The van der Waals surface area contributed by atoms with Crippen molar-refractivity contribution in [3.8, 4) is 5.75 Å². The number of benzene rings is 2. The van der Waals surface area contributed by atoms with E-state index in [-0.39, 0.29) is 6.61 Å². The molecule has 0 heterocycles. The second-order valence-electron chi connectivity index (χ2n) is 4.20. The van der Waals surface area contributed by atoms with Gasteiger partial charge in [-0.05, 0) is 51.7 Å². The smallest absolute Gasteiger partial charge is 0.134 e. The number of rotatable bonds is 4. The van der Waals surface area contributed by atoms with Crippen molar-refractivity contribution < 1.29 is 9.84 Å². The molecule has 0 atom stereocenters. The molecule has 3 heteroatoms. The maximum absolute atomic E-state index is 8.96. The van der Waals surface area contributed by atoms with E-state index in [0.717, 1.165) is 21.3 Å². The lowest BCUT2D eigenvalue weighted by Gasteiger charge is -2.09. The Balaban J connectivity index is 2.02. The van der Waals surface area contributed by atoms with E-state index in [1.54, 1.807) is 0 Å². The van der Waals surface area contributed by atoms with Crippen LogP contribution in [0, 0.1) is 6.92 Å². The average Bonchev–Trinajstić information content (AvgIpc) is 2.38. The first-order chi connectivity index (χ1) is 8.69.